The van der Waals surface area contributed by atoms with Gasteiger partial charge in [-0.25, -0.2) is 9.97 Å². The zero-order valence-corrected chi connectivity index (χ0v) is 13.4. The van der Waals surface area contributed by atoms with Gasteiger partial charge in [-0.3, -0.25) is 0 Å². The Labute approximate surface area is 125 Å². The lowest BCUT2D eigenvalue weighted by Gasteiger charge is -2.22. The van der Waals surface area contributed by atoms with E-state index in [1.165, 1.54) is 5.56 Å². The summed E-state index contributed by atoms with van der Waals surface area (Å²) in [6.45, 7) is 8.16. The normalized spacial score (nSPS) is 10.9. The van der Waals surface area contributed by atoms with E-state index in [0.717, 1.165) is 22.9 Å². The average molecular weight is 290 g/mol. The first-order valence-corrected chi connectivity index (χ1v) is 7.12. The first-order valence-electron chi connectivity index (χ1n) is 6.74. The van der Waals surface area contributed by atoms with E-state index in [-0.39, 0.29) is 5.92 Å². The van der Waals surface area contributed by atoms with Crippen LogP contribution < -0.4 is 4.90 Å². The first kappa shape index (κ1) is 14.8. The Morgan fingerprint density at radius 2 is 1.65 bits per heavy atom. The van der Waals surface area contributed by atoms with Gasteiger partial charge in [-0.15, -0.1) is 0 Å². The Kier molecular flexibility index (Phi) is 4.29. The highest BCUT2D eigenvalue weighted by Gasteiger charge is 2.15. The molecule has 20 heavy (non-hydrogen) atoms. The molecule has 0 aliphatic carbocycles. The summed E-state index contributed by atoms with van der Waals surface area (Å²) < 4.78 is 0. The average Bonchev–Trinajstić information content (AvgIpc) is 2.41. The van der Waals surface area contributed by atoms with Crippen molar-refractivity contribution in [3.05, 3.63) is 46.4 Å². The number of anilines is 2. The summed E-state index contributed by atoms with van der Waals surface area (Å²) in [7, 11) is 2.00. The molecule has 0 saturated heterocycles. The van der Waals surface area contributed by atoms with Crippen LogP contribution in [0.5, 0.6) is 0 Å². The third-order valence-corrected chi connectivity index (χ3v) is 3.70. The van der Waals surface area contributed by atoms with Gasteiger partial charge in [0.1, 0.15) is 16.8 Å². The standard InChI is InChI=1S/C16H20ClN3/c1-10(2)15-18-14(17)12(4)16(19-15)20(5)13-8-6-11(3)7-9-13/h6-10H,1-5H3. The van der Waals surface area contributed by atoms with Gasteiger partial charge < -0.3 is 4.90 Å². The summed E-state index contributed by atoms with van der Waals surface area (Å²) in [4.78, 5) is 11.1. The van der Waals surface area contributed by atoms with Crippen LogP contribution in [0, 0.1) is 13.8 Å². The topological polar surface area (TPSA) is 29.0 Å². The lowest BCUT2D eigenvalue weighted by Crippen LogP contribution is -2.15. The predicted molar refractivity (Wildman–Crippen MR) is 85.1 cm³/mol. The molecular weight excluding hydrogens is 270 g/mol. The Morgan fingerprint density at radius 3 is 2.20 bits per heavy atom. The van der Waals surface area contributed by atoms with Gasteiger partial charge in [0.05, 0.1) is 0 Å². The Balaban J connectivity index is 2.48. The molecule has 1 heterocycles. The third kappa shape index (κ3) is 2.93. The molecule has 2 aromatic rings. The number of aromatic nitrogens is 2. The number of rotatable bonds is 3. The Bertz CT molecular complexity index is 606. The number of hydrogen-bond donors (Lipinski definition) is 0. The van der Waals surface area contributed by atoms with Crippen molar-refractivity contribution in [2.75, 3.05) is 11.9 Å². The molecule has 1 aromatic carbocycles. The van der Waals surface area contributed by atoms with Crippen LogP contribution in [0.3, 0.4) is 0 Å². The summed E-state index contributed by atoms with van der Waals surface area (Å²) in [5.41, 5.74) is 3.23. The molecule has 106 valence electrons. The second kappa shape index (κ2) is 5.80. The highest BCUT2D eigenvalue weighted by Crippen LogP contribution is 2.29. The fraction of sp³-hybridized carbons (Fsp3) is 0.375. The fourth-order valence-corrected chi connectivity index (χ4v) is 2.14. The van der Waals surface area contributed by atoms with Gasteiger partial charge in [0, 0.05) is 24.2 Å². The molecule has 0 saturated carbocycles. The maximum Gasteiger partial charge on any atom is 0.140 e. The number of hydrogen-bond acceptors (Lipinski definition) is 3. The molecule has 0 N–H and O–H groups in total. The molecule has 1 aromatic heterocycles. The van der Waals surface area contributed by atoms with E-state index in [2.05, 4.69) is 55.0 Å². The second-order valence-electron chi connectivity index (χ2n) is 5.37. The van der Waals surface area contributed by atoms with Crippen molar-refractivity contribution >= 4 is 23.1 Å². The molecular formula is C16H20ClN3. The Hall–Kier alpha value is -1.61. The minimum Gasteiger partial charge on any atom is -0.329 e. The minimum atomic E-state index is 0.248. The second-order valence-corrected chi connectivity index (χ2v) is 5.73. The van der Waals surface area contributed by atoms with Crippen molar-refractivity contribution in [2.24, 2.45) is 0 Å². The predicted octanol–water partition coefficient (Wildman–Crippen LogP) is 4.64. The molecule has 3 nitrogen and oxygen atoms in total. The van der Waals surface area contributed by atoms with E-state index in [9.17, 15) is 0 Å². The summed E-state index contributed by atoms with van der Waals surface area (Å²) in [5, 5.41) is 0.526. The van der Waals surface area contributed by atoms with E-state index in [0.29, 0.717) is 5.15 Å². The molecule has 0 aliphatic rings. The van der Waals surface area contributed by atoms with Crippen molar-refractivity contribution in [1.82, 2.24) is 9.97 Å². The molecule has 0 fully saturated rings. The quantitative estimate of drug-likeness (QED) is 0.771. The molecule has 0 spiro atoms. The number of nitrogens with zero attached hydrogens (tertiary/aromatic N) is 3. The van der Waals surface area contributed by atoms with Gasteiger partial charge in [0.15, 0.2) is 0 Å². The molecule has 0 atom stereocenters. The lowest BCUT2D eigenvalue weighted by atomic mass is 10.2. The largest absolute Gasteiger partial charge is 0.329 e. The van der Waals surface area contributed by atoms with E-state index < -0.39 is 0 Å². The zero-order chi connectivity index (χ0) is 14.9. The summed E-state index contributed by atoms with van der Waals surface area (Å²) in [6, 6.07) is 8.35. The van der Waals surface area contributed by atoms with Crippen molar-refractivity contribution < 1.29 is 0 Å². The molecule has 4 heteroatoms. The first-order chi connectivity index (χ1) is 9.40. The maximum atomic E-state index is 6.24. The van der Waals surface area contributed by atoms with E-state index in [1.807, 2.05) is 18.9 Å². The summed E-state index contributed by atoms with van der Waals surface area (Å²) >= 11 is 6.24. The summed E-state index contributed by atoms with van der Waals surface area (Å²) in [5.74, 6) is 1.88. The van der Waals surface area contributed by atoms with Crippen LogP contribution in [-0.2, 0) is 0 Å². The third-order valence-electron chi connectivity index (χ3n) is 3.33. The SMILES string of the molecule is Cc1ccc(N(C)c2nc(C(C)C)nc(Cl)c2C)cc1. The van der Waals surface area contributed by atoms with Crippen LogP contribution in [-0.4, -0.2) is 17.0 Å². The van der Waals surface area contributed by atoms with Gasteiger partial charge in [-0.05, 0) is 26.0 Å². The fourth-order valence-electron chi connectivity index (χ4n) is 1.97. The van der Waals surface area contributed by atoms with E-state index >= 15 is 0 Å². The molecule has 2 rings (SSSR count). The van der Waals surface area contributed by atoms with E-state index in [1.54, 1.807) is 0 Å². The van der Waals surface area contributed by atoms with Gasteiger partial charge in [-0.2, -0.15) is 0 Å². The van der Waals surface area contributed by atoms with Gasteiger partial charge in [0.2, 0.25) is 0 Å². The zero-order valence-electron chi connectivity index (χ0n) is 12.6. The van der Waals surface area contributed by atoms with Crippen LogP contribution in [0.25, 0.3) is 0 Å². The van der Waals surface area contributed by atoms with Crippen molar-refractivity contribution in [3.63, 3.8) is 0 Å². The van der Waals surface area contributed by atoms with Crippen LogP contribution in [0.15, 0.2) is 24.3 Å². The molecule has 0 aliphatic heterocycles. The molecule has 0 unspecified atom stereocenters. The van der Waals surface area contributed by atoms with Gasteiger partial charge >= 0.3 is 0 Å². The molecule has 0 amide bonds. The van der Waals surface area contributed by atoms with Crippen LogP contribution >= 0.6 is 11.6 Å². The van der Waals surface area contributed by atoms with Gasteiger partial charge in [0.25, 0.3) is 0 Å². The van der Waals surface area contributed by atoms with Crippen LogP contribution in [0.4, 0.5) is 11.5 Å². The number of aryl methyl sites for hydroxylation is 1. The van der Waals surface area contributed by atoms with Crippen molar-refractivity contribution in [1.29, 1.82) is 0 Å². The van der Waals surface area contributed by atoms with Crippen LogP contribution in [0.2, 0.25) is 5.15 Å². The van der Waals surface area contributed by atoms with Crippen molar-refractivity contribution in [3.8, 4) is 0 Å². The minimum absolute atomic E-state index is 0.248. The highest BCUT2D eigenvalue weighted by molar-refractivity contribution is 6.30. The molecule has 0 radical (unpaired) electrons. The maximum absolute atomic E-state index is 6.24. The Morgan fingerprint density at radius 1 is 1.05 bits per heavy atom. The molecule has 0 bridgehead atoms. The smallest absolute Gasteiger partial charge is 0.140 e. The number of benzene rings is 1. The summed E-state index contributed by atoms with van der Waals surface area (Å²) in [6.07, 6.45) is 0. The van der Waals surface area contributed by atoms with Crippen molar-refractivity contribution in [2.45, 2.75) is 33.6 Å². The lowest BCUT2D eigenvalue weighted by molar-refractivity contribution is 0.769. The highest BCUT2D eigenvalue weighted by atomic mass is 35.5. The van der Waals surface area contributed by atoms with Gasteiger partial charge in [-0.1, -0.05) is 43.1 Å². The monoisotopic (exact) mass is 289 g/mol. The van der Waals surface area contributed by atoms with Crippen LogP contribution in [0.1, 0.15) is 36.7 Å². The van der Waals surface area contributed by atoms with E-state index in [4.69, 9.17) is 11.6 Å². The number of halogens is 1.